The quantitative estimate of drug-likeness (QED) is 0.645. The highest BCUT2D eigenvalue weighted by Crippen LogP contribution is 2.28. The number of hydrogen-bond acceptors (Lipinski definition) is 4. The van der Waals surface area contributed by atoms with Crippen LogP contribution < -0.4 is 5.32 Å². The van der Waals surface area contributed by atoms with Gasteiger partial charge in [-0.2, -0.15) is 0 Å². The van der Waals surface area contributed by atoms with Crippen LogP contribution in [0.1, 0.15) is 25.0 Å². The molecule has 1 aromatic heterocycles. The topological polar surface area (TPSA) is 37.6 Å². The minimum atomic E-state index is 0.786. The molecule has 2 rings (SSSR count). The van der Waals surface area contributed by atoms with E-state index in [9.17, 15) is 0 Å². The van der Waals surface area contributed by atoms with E-state index >= 15 is 0 Å². The van der Waals surface area contributed by atoms with Crippen molar-refractivity contribution in [2.24, 2.45) is 0 Å². The molecule has 1 aromatic rings. The van der Waals surface area contributed by atoms with Crippen LogP contribution in [-0.2, 0) is 11.3 Å². The summed E-state index contributed by atoms with van der Waals surface area (Å²) < 4.78 is 10.4. The number of methoxy groups -OCH3 is 1. The van der Waals surface area contributed by atoms with E-state index < -0.39 is 0 Å². The van der Waals surface area contributed by atoms with Gasteiger partial charge in [-0.15, -0.1) is 0 Å². The fraction of sp³-hybridized carbons (Fsp3) is 0.714. The van der Waals surface area contributed by atoms with Gasteiger partial charge >= 0.3 is 0 Å². The smallest absolute Gasteiger partial charge is 0.117 e. The molecular weight excluding hydrogens is 228 g/mol. The van der Waals surface area contributed by atoms with Crippen molar-refractivity contribution in [3.8, 4) is 0 Å². The Bertz CT molecular complexity index is 310. The van der Waals surface area contributed by atoms with Crippen LogP contribution in [-0.4, -0.2) is 44.3 Å². The summed E-state index contributed by atoms with van der Waals surface area (Å²) in [6, 6.07) is 4.81. The Kier molecular flexibility index (Phi) is 5.71. The van der Waals surface area contributed by atoms with Gasteiger partial charge in [-0.25, -0.2) is 0 Å². The SMILES string of the molecule is COCCNCCCN(Cc1ccco1)C1CC1. The Hall–Kier alpha value is -0.840. The highest BCUT2D eigenvalue weighted by atomic mass is 16.5. The van der Waals surface area contributed by atoms with Crippen LogP contribution >= 0.6 is 0 Å². The first-order valence-corrected chi connectivity index (χ1v) is 6.86. The van der Waals surface area contributed by atoms with Gasteiger partial charge in [-0.1, -0.05) is 0 Å². The molecule has 1 aliphatic carbocycles. The van der Waals surface area contributed by atoms with Crippen molar-refractivity contribution in [1.82, 2.24) is 10.2 Å². The van der Waals surface area contributed by atoms with Gasteiger partial charge < -0.3 is 14.5 Å². The van der Waals surface area contributed by atoms with E-state index in [0.29, 0.717) is 0 Å². The van der Waals surface area contributed by atoms with Crippen LogP contribution in [0.25, 0.3) is 0 Å². The van der Waals surface area contributed by atoms with Crippen molar-refractivity contribution in [2.45, 2.75) is 31.8 Å². The molecule has 102 valence electrons. The summed E-state index contributed by atoms with van der Waals surface area (Å²) in [5.41, 5.74) is 0. The third-order valence-electron chi connectivity index (χ3n) is 3.28. The minimum Gasteiger partial charge on any atom is -0.468 e. The Morgan fingerprint density at radius 2 is 2.33 bits per heavy atom. The van der Waals surface area contributed by atoms with Crippen LogP contribution in [0.2, 0.25) is 0 Å². The number of rotatable bonds is 10. The van der Waals surface area contributed by atoms with Crippen molar-refractivity contribution in [3.63, 3.8) is 0 Å². The highest BCUT2D eigenvalue weighted by Gasteiger charge is 2.28. The molecule has 4 nitrogen and oxygen atoms in total. The van der Waals surface area contributed by atoms with Gasteiger partial charge in [0.05, 0.1) is 19.4 Å². The van der Waals surface area contributed by atoms with Gasteiger partial charge in [0.2, 0.25) is 0 Å². The van der Waals surface area contributed by atoms with Crippen LogP contribution in [0, 0.1) is 0 Å². The average Bonchev–Trinajstić information content (AvgIpc) is 3.10. The summed E-state index contributed by atoms with van der Waals surface area (Å²) in [7, 11) is 1.74. The van der Waals surface area contributed by atoms with Gasteiger partial charge in [0.15, 0.2) is 0 Å². The van der Waals surface area contributed by atoms with Gasteiger partial charge in [0.1, 0.15) is 5.76 Å². The largest absolute Gasteiger partial charge is 0.468 e. The molecule has 0 spiro atoms. The van der Waals surface area contributed by atoms with Crippen molar-refractivity contribution >= 4 is 0 Å². The second kappa shape index (κ2) is 7.56. The fourth-order valence-corrected chi connectivity index (χ4v) is 2.14. The molecule has 1 aliphatic rings. The van der Waals surface area contributed by atoms with Crippen LogP contribution in [0.3, 0.4) is 0 Å². The van der Waals surface area contributed by atoms with Crippen molar-refractivity contribution in [2.75, 3.05) is 33.4 Å². The summed E-state index contributed by atoms with van der Waals surface area (Å²) in [5, 5.41) is 3.38. The summed E-state index contributed by atoms with van der Waals surface area (Å²) in [4.78, 5) is 2.54. The van der Waals surface area contributed by atoms with Crippen LogP contribution in [0.4, 0.5) is 0 Å². The first-order chi connectivity index (χ1) is 8.90. The summed E-state index contributed by atoms with van der Waals surface area (Å²) in [5.74, 6) is 1.08. The standard InChI is InChI=1S/C14H24N2O2/c1-17-11-8-15-7-3-9-16(13-5-6-13)12-14-4-2-10-18-14/h2,4,10,13,15H,3,5-9,11-12H2,1H3. The lowest BCUT2D eigenvalue weighted by atomic mass is 10.3. The van der Waals surface area contributed by atoms with Gasteiger partial charge in [-0.05, 0) is 37.9 Å². The molecule has 1 heterocycles. The van der Waals surface area contributed by atoms with E-state index in [0.717, 1.165) is 44.6 Å². The first-order valence-electron chi connectivity index (χ1n) is 6.86. The van der Waals surface area contributed by atoms with Gasteiger partial charge in [-0.3, -0.25) is 4.90 Å². The molecule has 0 atom stereocenters. The molecule has 18 heavy (non-hydrogen) atoms. The predicted octanol–water partition coefficient (Wildman–Crippen LogP) is 1.87. The Morgan fingerprint density at radius 1 is 1.44 bits per heavy atom. The molecule has 1 N–H and O–H groups in total. The van der Waals surface area contributed by atoms with Crippen LogP contribution in [0.5, 0.6) is 0 Å². The zero-order valence-corrected chi connectivity index (χ0v) is 11.2. The zero-order valence-electron chi connectivity index (χ0n) is 11.2. The average molecular weight is 252 g/mol. The highest BCUT2D eigenvalue weighted by molar-refractivity contribution is 4.99. The Balaban J connectivity index is 1.61. The third kappa shape index (κ3) is 4.80. The lowest BCUT2D eigenvalue weighted by Gasteiger charge is -2.20. The normalized spacial score (nSPS) is 15.4. The third-order valence-corrected chi connectivity index (χ3v) is 3.28. The van der Waals surface area contributed by atoms with Crippen molar-refractivity contribution in [1.29, 1.82) is 0 Å². The van der Waals surface area contributed by atoms with E-state index in [1.165, 1.54) is 19.3 Å². The van der Waals surface area contributed by atoms with E-state index in [1.807, 2.05) is 6.07 Å². The molecule has 0 amide bonds. The number of nitrogens with zero attached hydrogens (tertiary/aromatic N) is 1. The number of furan rings is 1. The molecule has 1 fully saturated rings. The first kappa shape index (κ1) is 13.6. The zero-order chi connectivity index (χ0) is 12.6. The van der Waals surface area contributed by atoms with E-state index in [4.69, 9.17) is 9.15 Å². The molecule has 0 aliphatic heterocycles. The maximum Gasteiger partial charge on any atom is 0.117 e. The molecule has 0 radical (unpaired) electrons. The van der Waals surface area contributed by atoms with E-state index in [-0.39, 0.29) is 0 Å². The number of nitrogens with one attached hydrogen (secondary N) is 1. The lowest BCUT2D eigenvalue weighted by molar-refractivity contribution is 0.197. The minimum absolute atomic E-state index is 0.786. The summed E-state index contributed by atoms with van der Waals surface area (Å²) in [6.07, 6.45) is 5.63. The molecule has 1 saturated carbocycles. The fourth-order valence-electron chi connectivity index (χ4n) is 2.14. The van der Waals surface area contributed by atoms with Crippen molar-refractivity contribution in [3.05, 3.63) is 24.2 Å². The summed E-state index contributed by atoms with van der Waals surface area (Å²) in [6.45, 7) is 4.89. The molecular formula is C14H24N2O2. The number of ether oxygens (including phenoxy) is 1. The Labute approximate surface area is 109 Å². The van der Waals surface area contributed by atoms with Gasteiger partial charge in [0, 0.05) is 26.2 Å². The summed E-state index contributed by atoms with van der Waals surface area (Å²) >= 11 is 0. The molecule has 0 aromatic carbocycles. The monoisotopic (exact) mass is 252 g/mol. The maximum absolute atomic E-state index is 5.43. The molecule has 0 bridgehead atoms. The maximum atomic E-state index is 5.43. The molecule has 0 saturated heterocycles. The van der Waals surface area contributed by atoms with E-state index in [1.54, 1.807) is 13.4 Å². The molecule has 0 unspecified atom stereocenters. The van der Waals surface area contributed by atoms with Crippen molar-refractivity contribution < 1.29 is 9.15 Å². The second-order valence-corrected chi connectivity index (χ2v) is 4.88. The predicted molar refractivity (Wildman–Crippen MR) is 71.5 cm³/mol. The second-order valence-electron chi connectivity index (χ2n) is 4.88. The molecule has 4 heteroatoms. The number of hydrogen-bond donors (Lipinski definition) is 1. The van der Waals surface area contributed by atoms with Gasteiger partial charge in [0.25, 0.3) is 0 Å². The lowest BCUT2D eigenvalue weighted by Crippen LogP contribution is -2.29. The van der Waals surface area contributed by atoms with Crippen LogP contribution in [0.15, 0.2) is 22.8 Å². The van der Waals surface area contributed by atoms with E-state index in [2.05, 4.69) is 16.3 Å². The Morgan fingerprint density at radius 3 is 3.00 bits per heavy atom.